The fourth-order valence-electron chi connectivity index (χ4n) is 1.47. The number of carbonyl (C=O) groups is 2. The minimum absolute atomic E-state index is 0.0741. The molecule has 0 aliphatic carbocycles. The molecule has 1 aliphatic rings. The monoisotopic (exact) mass is 249 g/mol. The molecule has 1 rings (SSSR count). The van der Waals surface area contributed by atoms with Gasteiger partial charge in [0, 0.05) is 18.5 Å². The second kappa shape index (κ2) is 3.29. The molecular formula is C8H12BrNO3. The molecule has 1 atom stereocenters. The van der Waals surface area contributed by atoms with Gasteiger partial charge in [0.2, 0.25) is 0 Å². The zero-order chi connectivity index (χ0) is 10.2. The maximum absolute atomic E-state index is 11.5. The van der Waals surface area contributed by atoms with Crippen molar-refractivity contribution >= 4 is 27.8 Å². The van der Waals surface area contributed by atoms with Crippen LogP contribution in [0.15, 0.2) is 0 Å². The first-order valence-corrected chi connectivity index (χ1v) is 4.92. The number of hydrogen-bond donors (Lipinski definition) is 1. The zero-order valence-electron chi connectivity index (χ0n) is 7.58. The quantitative estimate of drug-likeness (QED) is 0.660. The van der Waals surface area contributed by atoms with Crippen molar-refractivity contribution in [3.63, 3.8) is 0 Å². The number of Topliss-reactive ketones (excluding diaryl/α,β-unsaturated/α-hetero) is 1. The predicted octanol–water partition coefficient (Wildman–Crippen LogP) is 1.34. The van der Waals surface area contributed by atoms with Crippen LogP contribution in [0.1, 0.15) is 13.8 Å². The van der Waals surface area contributed by atoms with E-state index in [1.54, 1.807) is 13.8 Å². The maximum atomic E-state index is 11.5. The van der Waals surface area contributed by atoms with Crippen LogP contribution in [-0.2, 0) is 4.79 Å². The summed E-state index contributed by atoms with van der Waals surface area (Å²) in [5, 5.41) is 8.77. The third kappa shape index (κ3) is 2.02. The molecule has 5 heteroatoms. The molecule has 0 aromatic carbocycles. The molecule has 0 bridgehead atoms. The number of nitrogens with zero attached hydrogens (tertiary/aromatic N) is 1. The Balaban J connectivity index is 2.82. The van der Waals surface area contributed by atoms with Crippen LogP contribution in [0.25, 0.3) is 0 Å². The maximum Gasteiger partial charge on any atom is 0.407 e. The summed E-state index contributed by atoms with van der Waals surface area (Å²) in [5.74, 6) is 0.0741. The average Bonchev–Trinajstić information content (AvgIpc) is 1.99. The molecule has 1 N–H and O–H groups in total. The van der Waals surface area contributed by atoms with Crippen LogP contribution < -0.4 is 0 Å². The Labute approximate surface area is 85.0 Å². The first-order valence-electron chi connectivity index (χ1n) is 4.01. The van der Waals surface area contributed by atoms with Crippen LogP contribution in [0.2, 0.25) is 0 Å². The van der Waals surface area contributed by atoms with Crippen molar-refractivity contribution in [3.05, 3.63) is 0 Å². The van der Waals surface area contributed by atoms with Gasteiger partial charge < -0.3 is 10.0 Å². The molecule has 74 valence electrons. The van der Waals surface area contributed by atoms with Gasteiger partial charge in [-0.1, -0.05) is 29.8 Å². The average molecular weight is 250 g/mol. The standard InChI is InChI=1S/C8H12BrNO3/c1-8(2)4-10(7(12)13)3-5(9)6(8)11/h5H,3-4H2,1-2H3,(H,12,13)/t5-/m0/s1. The molecule has 0 spiro atoms. The van der Waals surface area contributed by atoms with E-state index in [2.05, 4.69) is 15.9 Å². The highest BCUT2D eigenvalue weighted by Crippen LogP contribution is 2.28. The summed E-state index contributed by atoms with van der Waals surface area (Å²) in [6, 6.07) is 0. The number of piperidine rings is 1. The third-order valence-corrected chi connectivity index (χ3v) is 2.89. The summed E-state index contributed by atoms with van der Waals surface area (Å²) in [6.45, 7) is 4.05. The highest BCUT2D eigenvalue weighted by Gasteiger charge is 2.41. The van der Waals surface area contributed by atoms with Gasteiger partial charge in [0.1, 0.15) is 0 Å². The van der Waals surface area contributed by atoms with Gasteiger partial charge in [-0.05, 0) is 0 Å². The van der Waals surface area contributed by atoms with E-state index in [1.165, 1.54) is 4.90 Å². The largest absolute Gasteiger partial charge is 0.465 e. The Kier molecular flexibility index (Phi) is 2.66. The number of likely N-dealkylation sites (tertiary alicyclic amines) is 1. The van der Waals surface area contributed by atoms with Gasteiger partial charge in [0.05, 0.1) is 4.83 Å². The van der Waals surface area contributed by atoms with E-state index in [9.17, 15) is 9.59 Å². The van der Waals surface area contributed by atoms with Crippen LogP contribution in [0.3, 0.4) is 0 Å². The molecule has 0 unspecified atom stereocenters. The molecule has 0 aromatic heterocycles. The third-order valence-electron chi connectivity index (χ3n) is 2.19. The number of hydrogen-bond acceptors (Lipinski definition) is 2. The van der Waals surface area contributed by atoms with Crippen LogP contribution >= 0.6 is 15.9 Å². The van der Waals surface area contributed by atoms with Gasteiger partial charge in [0.25, 0.3) is 0 Å². The van der Waals surface area contributed by atoms with Gasteiger partial charge >= 0.3 is 6.09 Å². The van der Waals surface area contributed by atoms with Crippen molar-refractivity contribution in [1.82, 2.24) is 4.90 Å². The van der Waals surface area contributed by atoms with Crippen LogP contribution in [0.5, 0.6) is 0 Å². The minimum Gasteiger partial charge on any atom is -0.465 e. The molecule has 0 saturated carbocycles. The molecule has 0 radical (unpaired) electrons. The predicted molar refractivity (Wildman–Crippen MR) is 51.1 cm³/mol. The summed E-state index contributed by atoms with van der Waals surface area (Å²) in [5.41, 5.74) is -0.579. The highest BCUT2D eigenvalue weighted by atomic mass is 79.9. The molecule has 0 aromatic rings. The number of ketones is 1. The van der Waals surface area contributed by atoms with Gasteiger partial charge in [0.15, 0.2) is 5.78 Å². The number of carboxylic acid groups (broad SMARTS) is 1. The number of alkyl halides is 1. The summed E-state index contributed by atoms with van der Waals surface area (Å²) in [4.78, 5) is 23.1. The fraction of sp³-hybridized carbons (Fsp3) is 0.750. The van der Waals surface area contributed by atoms with E-state index in [0.717, 1.165) is 0 Å². The Morgan fingerprint density at radius 1 is 1.69 bits per heavy atom. The lowest BCUT2D eigenvalue weighted by atomic mass is 9.83. The van der Waals surface area contributed by atoms with E-state index in [-0.39, 0.29) is 23.7 Å². The van der Waals surface area contributed by atoms with Crippen molar-refractivity contribution in [2.24, 2.45) is 5.41 Å². The molecular weight excluding hydrogens is 238 g/mol. The number of amides is 1. The lowest BCUT2D eigenvalue weighted by molar-refractivity contribution is -0.129. The molecule has 13 heavy (non-hydrogen) atoms. The second-order valence-electron chi connectivity index (χ2n) is 3.88. The van der Waals surface area contributed by atoms with Gasteiger partial charge in [-0.2, -0.15) is 0 Å². The molecule has 1 fully saturated rings. The first kappa shape index (κ1) is 10.5. The molecule has 1 saturated heterocycles. The van der Waals surface area contributed by atoms with Crippen molar-refractivity contribution in [2.45, 2.75) is 18.7 Å². The topological polar surface area (TPSA) is 57.6 Å². The Morgan fingerprint density at radius 2 is 2.23 bits per heavy atom. The summed E-state index contributed by atoms with van der Waals surface area (Å²) in [6.07, 6.45) is -0.968. The minimum atomic E-state index is -0.968. The fourth-order valence-corrected chi connectivity index (χ4v) is 2.43. The van der Waals surface area contributed by atoms with Crippen molar-refractivity contribution in [1.29, 1.82) is 0 Å². The van der Waals surface area contributed by atoms with Gasteiger partial charge in [-0.3, -0.25) is 4.79 Å². The number of rotatable bonds is 0. The number of halogens is 1. The lowest BCUT2D eigenvalue weighted by Crippen LogP contribution is -2.53. The molecule has 1 aliphatic heterocycles. The number of carbonyl (C=O) groups excluding carboxylic acids is 1. The summed E-state index contributed by atoms with van der Waals surface area (Å²) >= 11 is 3.18. The van der Waals surface area contributed by atoms with E-state index < -0.39 is 11.5 Å². The van der Waals surface area contributed by atoms with Crippen molar-refractivity contribution in [3.8, 4) is 0 Å². The van der Waals surface area contributed by atoms with Gasteiger partial charge in [-0.25, -0.2) is 4.79 Å². The molecule has 4 nitrogen and oxygen atoms in total. The second-order valence-corrected chi connectivity index (χ2v) is 4.98. The van der Waals surface area contributed by atoms with Crippen molar-refractivity contribution in [2.75, 3.05) is 13.1 Å². The van der Waals surface area contributed by atoms with E-state index in [1.807, 2.05) is 0 Å². The van der Waals surface area contributed by atoms with Crippen LogP contribution in [-0.4, -0.2) is 39.8 Å². The summed E-state index contributed by atoms with van der Waals surface area (Å²) < 4.78 is 0. The summed E-state index contributed by atoms with van der Waals surface area (Å²) in [7, 11) is 0. The van der Waals surface area contributed by atoms with Crippen LogP contribution in [0, 0.1) is 5.41 Å². The first-order chi connectivity index (χ1) is 5.84. The lowest BCUT2D eigenvalue weighted by Gasteiger charge is -2.37. The SMILES string of the molecule is CC1(C)CN(C(=O)O)C[C@H](Br)C1=O. The molecule has 1 amide bonds. The Hall–Kier alpha value is -0.580. The smallest absolute Gasteiger partial charge is 0.407 e. The highest BCUT2D eigenvalue weighted by molar-refractivity contribution is 9.10. The van der Waals surface area contributed by atoms with Gasteiger partial charge in [-0.15, -0.1) is 0 Å². The van der Waals surface area contributed by atoms with Crippen LogP contribution in [0.4, 0.5) is 4.79 Å². The Morgan fingerprint density at radius 3 is 2.62 bits per heavy atom. The normalized spacial score (nSPS) is 27.5. The van der Waals surface area contributed by atoms with Crippen molar-refractivity contribution < 1.29 is 14.7 Å². The van der Waals surface area contributed by atoms with E-state index in [0.29, 0.717) is 0 Å². The molecule has 1 heterocycles. The Bertz CT molecular complexity index is 252. The van der Waals surface area contributed by atoms with E-state index in [4.69, 9.17) is 5.11 Å². The zero-order valence-corrected chi connectivity index (χ0v) is 9.17. The van der Waals surface area contributed by atoms with E-state index >= 15 is 0 Å².